The van der Waals surface area contributed by atoms with E-state index in [2.05, 4.69) is 4.98 Å². The molecule has 4 nitrogen and oxygen atoms in total. The molecule has 0 spiro atoms. The van der Waals surface area contributed by atoms with Crippen LogP contribution in [0, 0.1) is 13.8 Å². The fraction of sp³-hybridized carbons (Fsp3) is 0.200. The largest absolute Gasteiger partial charge is 0.497 e. The minimum absolute atomic E-state index is 0.621. The number of rotatable bonds is 3. The average Bonchev–Trinajstić information content (AvgIpc) is 2.91. The molecule has 0 N–H and O–H groups in total. The Bertz CT molecular complexity index is 784. The third-order valence-corrected chi connectivity index (χ3v) is 4.30. The first-order valence-electron chi connectivity index (χ1n) is 6.23. The number of methoxy groups -OCH3 is 1. The minimum Gasteiger partial charge on any atom is -0.497 e. The molecule has 0 fully saturated rings. The fourth-order valence-electron chi connectivity index (χ4n) is 2.36. The highest BCUT2D eigenvalue weighted by Crippen LogP contribution is 2.33. The first kappa shape index (κ1) is 12.9. The van der Waals surface area contributed by atoms with Gasteiger partial charge in [-0.2, -0.15) is 0 Å². The van der Waals surface area contributed by atoms with Crippen molar-refractivity contribution in [3.63, 3.8) is 0 Å². The van der Waals surface area contributed by atoms with Crippen LogP contribution in [0.2, 0.25) is 0 Å². The van der Waals surface area contributed by atoms with Crippen molar-refractivity contribution >= 4 is 22.6 Å². The predicted molar refractivity (Wildman–Crippen MR) is 79.9 cm³/mol. The van der Waals surface area contributed by atoms with Crippen molar-refractivity contribution in [1.82, 2.24) is 9.38 Å². The number of ether oxygens (including phenoxy) is 1. The van der Waals surface area contributed by atoms with Gasteiger partial charge >= 0.3 is 0 Å². The van der Waals surface area contributed by atoms with Crippen LogP contribution in [0.3, 0.4) is 0 Å². The highest BCUT2D eigenvalue weighted by Gasteiger charge is 2.17. The molecule has 0 saturated heterocycles. The summed E-state index contributed by atoms with van der Waals surface area (Å²) >= 11 is 1.60. The summed E-state index contributed by atoms with van der Waals surface area (Å²) in [6, 6.07) is 7.83. The summed E-state index contributed by atoms with van der Waals surface area (Å²) in [5, 5.41) is 0. The third kappa shape index (κ3) is 1.82. The van der Waals surface area contributed by atoms with Crippen LogP contribution in [0.4, 0.5) is 0 Å². The number of aromatic nitrogens is 2. The SMILES string of the molecule is COc1ccc(-c2c(C)sc3nc(C)c(C=O)n23)cc1. The maximum absolute atomic E-state index is 11.3. The lowest BCUT2D eigenvalue weighted by atomic mass is 10.1. The number of carbonyl (C=O) groups excluding carboxylic acids is 1. The summed E-state index contributed by atoms with van der Waals surface area (Å²) in [7, 11) is 1.65. The molecule has 3 aromatic rings. The van der Waals surface area contributed by atoms with Crippen LogP contribution in [-0.4, -0.2) is 22.8 Å². The second-order valence-corrected chi connectivity index (χ2v) is 5.74. The van der Waals surface area contributed by atoms with Gasteiger partial charge in [0.25, 0.3) is 0 Å². The lowest BCUT2D eigenvalue weighted by molar-refractivity contribution is 0.111. The monoisotopic (exact) mass is 286 g/mol. The maximum Gasteiger partial charge on any atom is 0.195 e. The number of fused-ring (bicyclic) bond motifs is 1. The number of aldehydes is 1. The van der Waals surface area contributed by atoms with Crippen LogP contribution in [0.25, 0.3) is 16.2 Å². The standard InChI is InChI=1S/C15H14N2O2S/c1-9-13(8-18)17-14(10(2)20-15(17)16-9)11-4-6-12(19-3)7-5-11/h4-8H,1-3H3. The molecule has 0 atom stereocenters. The molecule has 0 aliphatic rings. The van der Waals surface area contributed by atoms with Gasteiger partial charge in [0.15, 0.2) is 11.2 Å². The Kier molecular flexibility index (Phi) is 3.06. The zero-order chi connectivity index (χ0) is 14.3. The van der Waals surface area contributed by atoms with Gasteiger partial charge < -0.3 is 4.74 Å². The van der Waals surface area contributed by atoms with Crippen LogP contribution in [0.1, 0.15) is 21.1 Å². The molecule has 0 aliphatic heterocycles. The van der Waals surface area contributed by atoms with E-state index in [1.54, 1.807) is 18.4 Å². The van der Waals surface area contributed by atoms with Gasteiger partial charge in [-0.15, -0.1) is 11.3 Å². The summed E-state index contributed by atoms with van der Waals surface area (Å²) in [5.41, 5.74) is 3.46. The van der Waals surface area contributed by atoms with Crippen molar-refractivity contribution in [3.8, 4) is 17.0 Å². The quantitative estimate of drug-likeness (QED) is 0.692. The number of imidazole rings is 1. The summed E-state index contributed by atoms with van der Waals surface area (Å²) in [4.78, 5) is 17.8. The normalized spacial score (nSPS) is 10.9. The number of aryl methyl sites for hydroxylation is 2. The van der Waals surface area contributed by atoms with E-state index in [4.69, 9.17) is 4.74 Å². The van der Waals surface area contributed by atoms with Gasteiger partial charge in [0, 0.05) is 4.88 Å². The Morgan fingerprint density at radius 1 is 1.25 bits per heavy atom. The lowest BCUT2D eigenvalue weighted by Gasteiger charge is -2.05. The molecule has 2 aromatic heterocycles. The van der Waals surface area contributed by atoms with Gasteiger partial charge in [0.1, 0.15) is 11.4 Å². The van der Waals surface area contributed by atoms with E-state index >= 15 is 0 Å². The molecule has 0 amide bonds. The first-order chi connectivity index (χ1) is 9.65. The Hall–Kier alpha value is -2.14. The Labute approximate surface area is 120 Å². The van der Waals surface area contributed by atoms with Crippen molar-refractivity contribution in [2.24, 2.45) is 0 Å². The second kappa shape index (κ2) is 4.76. The number of carbonyl (C=O) groups is 1. The molecule has 20 heavy (non-hydrogen) atoms. The van der Waals surface area contributed by atoms with Gasteiger partial charge in [-0.25, -0.2) is 4.98 Å². The van der Waals surface area contributed by atoms with Crippen molar-refractivity contribution in [2.75, 3.05) is 7.11 Å². The molecule has 2 heterocycles. The van der Waals surface area contributed by atoms with Crippen molar-refractivity contribution < 1.29 is 9.53 Å². The van der Waals surface area contributed by atoms with E-state index in [9.17, 15) is 4.79 Å². The number of nitrogens with zero attached hydrogens (tertiary/aromatic N) is 2. The summed E-state index contributed by atoms with van der Waals surface area (Å²) in [6.45, 7) is 3.90. The zero-order valence-corrected chi connectivity index (χ0v) is 12.3. The van der Waals surface area contributed by atoms with E-state index in [0.717, 1.165) is 38.8 Å². The maximum atomic E-state index is 11.3. The molecular weight excluding hydrogens is 272 g/mol. The molecular formula is C15H14N2O2S. The van der Waals surface area contributed by atoms with Crippen LogP contribution in [-0.2, 0) is 0 Å². The molecule has 0 radical (unpaired) electrons. The zero-order valence-electron chi connectivity index (χ0n) is 11.5. The van der Waals surface area contributed by atoms with E-state index in [-0.39, 0.29) is 0 Å². The van der Waals surface area contributed by atoms with Gasteiger partial charge in [-0.3, -0.25) is 9.20 Å². The molecule has 0 unspecified atom stereocenters. The van der Waals surface area contributed by atoms with Gasteiger partial charge in [-0.1, -0.05) is 0 Å². The topological polar surface area (TPSA) is 43.6 Å². The summed E-state index contributed by atoms with van der Waals surface area (Å²) in [5.74, 6) is 0.815. The van der Waals surface area contributed by atoms with E-state index in [1.807, 2.05) is 42.5 Å². The average molecular weight is 286 g/mol. The number of hydrogen-bond acceptors (Lipinski definition) is 4. The predicted octanol–water partition coefficient (Wildman–Crippen LogP) is 3.50. The highest BCUT2D eigenvalue weighted by molar-refractivity contribution is 7.17. The molecule has 0 bridgehead atoms. The summed E-state index contributed by atoms with van der Waals surface area (Å²) in [6.07, 6.45) is 0.870. The first-order valence-corrected chi connectivity index (χ1v) is 7.05. The van der Waals surface area contributed by atoms with Crippen molar-refractivity contribution in [1.29, 1.82) is 0 Å². The molecule has 0 aliphatic carbocycles. The number of hydrogen-bond donors (Lipinski definition) is 0. The molecule has 0 saturated carbocycles. The highest BCUT2D eigenvalue weighted by atomic mass is 32.1. The number of thiazole rings is 1. The Morgan fingerprint density at radius 3 is 2.55 bits per heavy atom. The number of benzene rings is 1. The van der Waals surface area contributed by atoms with Crippen LogP contribution < -0.4 is 4.74 Å². The van der Waals surface area contributed by atoms with Gasteiger partial charge in [0.2, 0.25) is 0 Å². The van der Waals surface area contributed by atoms with Crippen LogP contribution in [0.5, 0.6) is 5.75 Å². The summed E-state index contributed by atoms with van der Waals surface area (Å²) < 4.78 is 7.12. The van der Waals surface area contributed by atoms with Gasteiger partial charge in [0.05, 0.1) is 18.5 Å². The Balaban J connectivity index is 2.28. The Morgan fingerprint density at radius 2 is 1.95 bits per heavy atom. The van der Waals surface area contributed by atoms with Crippen LogP contribution in [0.15, 0.2) is 24.3 Å². The van der Waals surface area contributed by atoms with E-state index in [1.165, 1.54) is 0 Å². The van der Waals surface area contributed by atoms with E-state index in [0.29, 0.717) is 5.69 Å². The van der Waals surface area contributed by atoms with Crippen molar-refractivity contribution in [2.45, 2.75) is 13.8 Å². The lowest BCUT2D eigenvalue weighted by Crippen LogP contribution is -1.95. The molecule has 1 aromatic carbocycles. The fourth-order valence-corrected chi connectivity index (χ4v) is 3.41. The van der Waals surface area contributed by atoms with Crippen molar-refractivity contribution in [3.05, 3.63) is 40.5 Å². The second-order valence-electron chi connectivity index (χ2n) is 4.55. The van der Waals surface area contributed by atoms with E-state index < -0.39 is 0 Å². The van der Waals surface area contributed by atoms with Gasteiger partial charge in [-0.05, 0) is 43.7 Å². The minimum atomic E-state index is 0.621. The smallest absolute Gasteiger partial charge is 0.195 e. The molecule has 5 heteroatoms. The molecule has 3 rings (SSSR count). The van der Waals surface area contributed by atoms with Crippen LogP contribution >= 0.6 is 11.3 Å². The third-order valence-electron chi connectivity index (χ3n) is 3.34. The molecule has 102 valence electrons.